The van der Waals surface area contributed by atoms with Gasteiger partial charge in [0, 0.05) is 54.3 Å². The summed E-state index contributed by atoms with van der Waals surface area (Å²) < 4.78 is 1.50. The topological polar surface area (TPSA) is 84.1 Å². The fourth-order valence-corrected chi connectivity index (χ4v) is 5.80. The molecule has 3 fully saturated rings. The van der Waals surface area contributed by atoms with Crippen LogP contribution < -0.4 is 5.56 Å². The smallest absolute Gasteiger partial charge is 0.266 e. The number of aromatic nitrogens is 4. The number of aliphatic hydroxyl groups is 1. The highest BCUT2D eigenvalue weighted by molar-refractivity contribution is 7.99. The molecule has 31 heavy (non-hydrogen) atoms. The average molecular weight is 442 g/mol. The Morgan fingerprint density at radius 3 is 2.48 bits per heavy atom. The molecule has 0 amide bonds. The van der Waals surface area contributed by atoms with Gasteiger partial charge in [0.25, 0.3) is 5.56 Å². The van der Waals surface area contributed by atoms with Crippen LogP contribution >= 0.6 is 11.8 Å². The Bertz CT molecular complexity index is 961. The minimum Gasteiger partial charge on any atom is -0.388 e. The molecule has 2 atom stereocenters. The molecule has 2 aliphatic heterocycles. The van der Waals surface area contributed by atoms with E-state index in [2.05, 4.69) is 26.9 Å². The molecule has 5 rings (SSSR count). The van der Waals surface area contributed by atoms with E-state index in [1.807, 2.05) is 18.5 Å². The molecular formula is C23H31N5O2S. The van der Waals surface area contributed by atoms with Gasteiger partial charge >= 0.3 is 0 Å². The third-order valence-corrected chi connectivity index (χ3v) is 7.89. The van der Waals surface area contributed by atoms with E-state index >= 15 is 0 Å². The van der Waals surface area contributed by atoms with E-state index in [1.54, 1.807) is 17.8 Å². The molecule has 2 aromatic heterocycles. The molecule has 0 spiro atoms. The van der Waals surface area contributed by atoms with Crippen molar-refractivity contribution in [3.63, 3.8) is 0 Å². The van der Waals surface area contributed by atoms with Gasteiger partial charge in [0.05, 0.1) is 17.8 Å². The van der Waals surface area contributed by atoms with Gasteiger partial charge in [0.1, 0.15) is 0 Å². The van der Waals surface area contributed by atoms with Crippen LogP contribution in [0, 0.1) is 0 Å². The van der Waals surface area contributed by atoms with Crippen molar-refractivity contribution in [3.8, 4) is 0 Å². The van der Waals surface area contributed by atoms with E-state index < -0.39 is 5.60 Å². The molecule has 3 aliphatic rings. The van der Waals surface area contributed by atoms with E-state index in [-0.39, 0.29) is 5.56 Å². The van der Waals surface area contributed by atoms with Crippen LogP contribution in [0.2, 0.25) is 0 Å². The summed E-state index contributed by atoms with van der Waals surface area (Å²) in [5.41, 5.74) is 1.12. The van der Waals surface area contributed by atoms with Gasteiger partial charge in [-0.15, -0.1) is 0 Å². The summed E-state index contributed by atoms with van der Waals surface area (Å²) in [4.78, 5) is 23.9. The predicted molar refractivity (Wildman–Crippen MR) is 120 cm³/mol. The van der Waals surface area contributed by atoms with Crippen LogP contribution in [0.5, 0.6) is 0 Å². The molecule has 1 saturated carbocycles. The van der Waals surface area contributed by atoms with Crippen LogP contribution in [0.25, 0.3) is 0 Å². The van der Waals surface area contributed by atoms with Gasteiger partial charge in [0.15, 0.2) is 5.16 Å². The van der Waals surface area contributed by atoms with Crippen LogP contribution in [0.1, 0.15) is 69.0 Å². The lowest BCUT2D eigenvalue weighted by atomic mass is 9.85. The quantitative estimate of drug-likeness (QED) is 0.498. The first-order valence-corrected chi connectivity index (χ1v) is 12.5. The molecule has 2 aromatic rings. The Hall–Kier alpha value is -1.77. The Kier molecular flexibility index (Phi) is 5.88. The first-order valence-electron chi connectivity index (χ1n) is 11.5. The van der Waals surface area contributed by atoms with E-state index in [4.69, 9.17) is 0 Å². The Labute approximate surface area is 187 Å². The van der Waals surface area contributed by atoms with Crippen molar-refractivity contribution in [2.45, 2.75) is 93.7 Å². The molecule has 0 radical (unpaired) electrons. The van der Waals surface area contributed by atoms with Crippen LogP contribution in [0.15, 0.2) is 34.5 Å². The van der Waals surface area contributed by atoms with Gasteiger partial charge < -0.3 is 5.11 Å². The van der Waals surface area contributed by atoms with Crippen LogP contribution in [-0.2, 0) is 13.1 Å². The fourth-order valence-electron chi connectivity index (χ4n) is 5.16. The van der Waals surface area contributed by atoms with Crippen molar-refractivity contribution >= 4 is 11.8 Å². The molecule has 1 aliphatic carbocycles. The van der Waals surface area contributed by atoms with E-state index in [0.29, 0.717) is 37.4 Å². The van der Waals surface area contributed by atoms with Crippen molar-refractivity contribution in [2.24, 2.45) is 0 Å². The summed E-state index contributed by atoms with van der Waals surface area (Å²) in [6.45, 7) is 3.27. The van der Waals surface area contributed by atoms with Gasteiger partial charge in [-0.3, -0.25) is 9.69 Å². The minimum absolute atomic E-state index is 0.120. The first-order chi connectivity index (χ1) is 15.0. The number of nitrogens with zero attached hydrogens (tertiary/aromatic N) is 5. The highest BCUT2D eigenvalue weighted by atomic mass is 32.2. The molecule has 0 unspecified atom stereocenters. The summed E-state index contributed by atoms with van der Waals surface area (Å²) in [6.07, 6.45) is 10.8. The highest BCUT2D eigenvalue weighted by Gasteiger charge is 2.47. The van der Waals surface area contributed by atoms with Crippen molar-refractivity contribution < 1.29 is 5.11 Å². The zero-order valence-electron chi connectivity index (χ0n) is 18.1. The van der Waals surface area contributed by atoms with Crippen molar-refractivity contribution in [3.05, 3.63) is 46.1 Å². The number of rotatable bonds is 8. The standard InChI is InChI=1S/C23H31N5O2S/c1-2-9-31-22-24-12-16(13-25-22)14-27-18-5-6-19(27)11-23(30,10-18)15-28-21(29)8-7-20(26-28)17-3-4-17/h7-8,12-13,17-19,30H,2-6,9-11,14-15H2,1H3/t18-,19-/m0/s1. The second-order valence-electron chi connectivity index (χ2n) is 9.44. The van der Waals surface area contributed by atoms with Gasteiger partial charge in [-0.05, 0) is 51.0 Å². The maximum Gasteiger partial charge on any atom is 0.266 e. The largest absolute Gasteiger partial charge is 0.388 e. The summed E-state index contributed by atoms with van der Waals surface area (Å²) in [6, 6.07) is 4.09. The fraction of sp³-hybridized carbons (Fsp3) is 0.652. The SMILES string of the molecule is CCCSc1ncc(CN2[C@H]3CC[C@H]2CC(O)(Cn2nc(C4CC4)ccc2=O)C3)cn1. The zero-order chi connectivity index (χ0) is 21.4. The van der Waals surface area contributed by atoms with Crippen molar-refractivity contribution in [1.82, 2.24) is 24.6 Å². The van der Waals surface area contributed by atoms with Crippen LogP contribution in [0.3, 0.4) is 0 Å². The molecule has 2 bridgehead atoms. The molecular weight excluding hydrogens is 410 g/mol. The average Bonchev–Trinajstić information content (AvgIpc) is 3.57. The third-order valence-electron chi connectivity index (χ3n) is 6.81. The van der Waals surface area contributed by atoms with Gasteiger partial charge in [-0.25, -0.2) is 14.6 Å². The molecule has 8 heteroatoms. The number of hydrogen-bond acceptors (Lipinski definition) is 7. The lowest BCUT2D eigenvalue weighted by Crippen LogP contribution is -2.53. The maximum atomic E-state index is 12.4. The molecule has 7 nitrogen and oxygen atoms in total. The van der Waals surface area contributed by atoms with Crippen LogP contribution in [-0.4, -0.2) is 53.2 Å². The van der Waals surface area contributed by atoms with Gasteiger partial charge in [0.2, 0.25) is 0 Å². The number of thioether (sulfide) groups is 1. The van der Waals surface area contributed by atoms with E-state index in [1.165, 1.54) is 4.68 Å². The van der Waals surface area contributed by atoms with E-state index in [0.717, 1.165) is 60.8 Å². The first kappa shape index (κ1) is 21.1. The maximum absolute atomic E-state index is 12.4. The predicted octanol–water partition coefficient (Wildman–Crippen LogP) is 2.97. The number of fused-ring (bicyclic) bond motifs is 2. The normalized spacial score (nSPS) is 28.2. The number of piperidine rings is 1. The lowest BCUT2D eigenvalue weighted by Gasteiger charge is -2.43. The summed E-state index contributed by atoms with van der Waals surface area (Å²) in [7, 11) is 0. The van der Waals surface area contributed by atoms with Gasteiger partial charge in [-0.1, -0.05) is 18.7 Å². The number of hydrogen-bond donors (Lipinski definition) is 1. The highest BCUT2D eigenvalue weighted by Crippen LogP contribution is 2.42. The monoisotopic (exact) mass is 441 g/mol. The second-order valence-corrected chi connectivity index (χ2v) is 10.5. The zero-order valence-corrected chi connectivity index (χ0v) is 18.9. The van der Waals surface area contributed by atoms with Crippen molar-refractivity contribution in [1.29, 1.82) is 0 Å². The molecule has 0 aromatic carbocycles. The molecule has 1 N–H and O–H groups in total. The Balaban J connectivity index is 1.25. The van der Waals surface area contributed by atoms with Crippen molar-refractivity contribution in [2.75, 3.05) is 5.75 Å². The second kappa shape index (κ2) is 8.64. The third kappa shape index (κ3) is 4.71. The minimum atomic E-state index is -0.877. The summed E-state index contributed by atoms with van der Waals surface area (Å²) >= 11 is 1.69. The molecule has 2 saturated heterocycles. The lowest BCUT2D eigenvalue weighted by molar-refractivity contribution is -0.0678. The van der Waals surface area contributed by atoms with Crippen LogP contribution in [0.4, 0.5) is 0 Å². The summed E-state index contributed by atoms with van der Waals surface area (Å²) in [5, 5.41) is 16.8. The molecule has 4 heterocycles. The Morgan fingerprint density at radius 1 is 1.13 bits per heavy atom. The molecule has 166 valence electrons. The summed E-state index contributed by atoms with van der Waals surface area (Å²) in [5.74, 6) is 1.53. The van der Waals surface area contributed by atoms with Gasteiger partial charge in [-0.2, -0.15) is 5.10 Å². The van der Waals surface area contributed by atoms with E-state index in [9.17, 15) is 9.90 Å². The Morgan fingerprint density at radius 2 is 1.84 bits per heavy atom.